The fourth-order valence-electron chi connectivity index (χ4n) is 4.85. The highest BCUT2D eigenvalue weighted by atomic mass is 79.9. The van der Waals surface area contributed by atoms with Crippen LogP contribution in [0.2, 0.25) is 5.02 Å². The molecule has 1 aliphatic heterocycles. The van der Waals surface area contributed by atoms with Crippen molar-refractivity contribution in [2.45, 2.75) is 5.41 Å². The van der Waals surface area contributed by atoms with E-state index in [1.54, 1.807) is 0 Å². The van der Waals surface area contributed by atoms with Gasteiger partial charge < -0.3 is 4.74 Å². The molecule has 1 atom stereocenters. The lowest BCUT2D eigenvalue weighted by molar-refractivity contribution is 0.436. The van der Waals surface area contributed by atoms with Crippen LogP contribution in [0.15, 0.2) is 89.4 Å². The van der Waals surface area contributed by atoms with Crippen molar-refractivity contribution in [1.82, 2.24) is 0 Å². The van der Waals surface area contributed by atoms with Gasteiger partial charge in [0.05, 0.1) is 5.41 Å². The smallest absolute Gasteiger partial charge is 0.133 e. The predicted molar refractivity (Wildman–Crippen MR) is 117 cm³/mol. The van der Waals surface area contributed by atoms with E-state index in [4.69, 9.17) is 16.3 Å². The molecule has 2 aliphatic rings. The van der Waals surface area contributed by atoms with Crippen LogP contribution in [0.4, 0.5) is 0 Å². The zero-order valence-corrected chi connectivity index (χ0v) is 17.1. The molecule has 0 saturated heterocycles. The van der Waals surface area contributed by atoms with E-state index < -0.39 is 5.41 Å². The SMILES string of the molecule is Clc1ccc2c(c1)Oc1ccccc1C21c2ccccc2-c2ccc(Br)cc21. The number of hydrogen-bond acceptors (Lipinski definition) is 1. The summed E-state index contributed by atoms with van der Waals surface area (Å²) in [6.07, 6.45) is 0. The highest BCUT2D eigenvalue weighted by Gasteiger charge is 2.50. The molecule has 4 aromatic rings. The molecule has 0 fully saturated rings. The molecule has 28 heavy (non-hydrogen) atoms. The van der Waals surface area contributed by atoms with Crippen LogP contribution in [0.5, 0.6) is 11.5 Å². The van der Waals surface area contributed by atoms with Gasteiger partial charge in [0.25, 0.3) is 0 Å². The summed E-state index contributed by atoms with van der Waals surface area (Å²) < 4.78 is 7.38. The molecule has 134 valence electrons. The van der Waals surface area contributed by atoms with Crippen molar-refractivity contribution in [1.29, 1.82) is 0 Å². The molecule has 1 unspecified atom stereocenters. The third kappa shape index (κ3) is 1.97. The monoisotopic (exact) mass is 444 g/mol. The number of ether oxygens (including phenoxy) is 1. The van der Waals surface area contributed by atoms with E-state index >= 15 is 0 Å². The van der Waals surface area contributed by atoms with Crippen molar-refractivity contribution in [3.63, 3.8) is 0 Å². The average molecular weight is 446 g/mol. The van der Waals surface area contributed by atoms with Gasteiger partial charge >= 0.3 is 0 Å². The maximum Gasteiger partial charge on any atom is 0.133 e. The third-order valence-electron chi connectivity index (χ3n) is 5.87. The Morgan fingerprint density at radius 2 is 1.36 bits per heavy atom. The highest BCUT2D eigenvalue weighted by Crippen LogP contribution is 2.62. The van der Waals surface area contributed by atoms with Gasteiger partial charge in [-0.3, -0.25) is 0 Å². The lowest BCUT2D eigenvalue weighted by Crippen LogP contribution is -2.32. The van der Waals surface area contributed by atoms with Crippen molar-refractivity contribution in [2.24, 2.45) is 0 Å². The first-order valence-electron chi connectivity index (χ1n) is 9.17. The predicted octanol–water partition coefficient (Wildman–Crippen LogP) is 7.57. The highest BCUT2D eigenvalue weighted by molar-refractivity contribution is 9.10. The molecule has 1 spiro atoms. The maximum atomic E-state index is 6.34. The third-order valence-corrected chi connectivity index (χ3v) is 6.59. The van der Waals surface area contributed by atoms with Crippen LogP contribution in [0, 0.1) is 0 Å². The molecule has 0 saturated carbocycles. The van der Waals surface area contributed by atoms with E-state index in [-0.39, 0.29) is 0 Å². The molecule has 0 radical (unpaired) electrons. The summed E-state index contributed by atoms with van der Waals surface area (Å²) in [5.74, 6) is 1.69. The zero-order chi connectivity index (χ0) is 18.9. The maximum absolute atomic E-state index is 6.34. The zero-order valence-electron chi connectivity index (χ0n) is 14.7. The summed E-state index contributed by atoms with van der Waals surface area (Å²) in [6, 6.07) is 29.6. The van der Waals surface area contributed by atoms with E-state index in [1.807, 2.05) is 24.3 Å². The molecular weight excluding hydrogens is 432 g/mol. The summed E-state index contributed by atoms with van der Waals surface area (Å²) in [5.41, 5.74) is 6.93. The first-order chi connectivity index (χ1) is 13.7. The van der Waals surface area contributed by atoms with Crippen LogP contribution in [-0.2, 0) is 5.41 Å². The summed E-state index contributed by atoms with van der Waals surface area (Å²) >= 11 is 10.0. The molecule has 3 heteroatoms. The normalized spacial score (nSPS) is 18.1. The van der Waals surface area contributed by atoms with Crippen molar-refractivity contribution in [3.8, 4) is 22.6 Å². The lowest BCUT2D eigenvalue weighted by atomic mass is 9.66. The van der Waals surface area contributed by atoms with Gasteiger partial charge in [-0.05, 0) is 52.6 Å². The van der Waals surface area contributed by atoms with Crippen molar-refractivity contribution in [3.05, 3.63) is 117 Å². The van der Waals surface area contributed by atoms with Gasteiger partial charge in [-0.15, -0.1) is 0 Å². The van der Waals surface area contributed by atoms with Gasteiger partial charge in [0.1, 0.15) is 11.5 Å². The Labute approximate surface area is 176 Å². The fraction of sp³-hybridized carbons (Fsp3) is 0.0400. The first kappa shape index (κ1) is 16.4. The molecule has 1 heterocycles. The number of para-hydroxylation sites is 1. The van der Waals surface area contributed by atoms with Crippen LogP contribution < -0.4 is 4.74 Å². The summed E-state index contributed by atoms with van der Waals surface area (Å²) in [6.45, 7) is 0. The van der Waals surface area contributed by atoms with E-state index in [2.05, 4.69) is 76.6 Å². The Balaban J connectivity index is 1.85. The van der Waals surface area contributed by atoms with Crippen molar-refractivity contribution < 1.29 is 4.74 Å². The molecule has 4 aromatic carbocycles. The first-order valence-corrected chi connectivity index (χ1v) is 10.3. The van der Waals surface area contributed by atoms with E-state index in [0.717, 1.165) is 27.1 Å². The Hall–Kier alpha value is -2.55. The van der Waals surface area contributed by atoms with E-state index in [1.165, 1.54) is 22.3 Å². The second-order valence-electron chi connectivity index (χ2n) is 7.22. The van der Waals surface area contributed by atoms with Crippen LogP contribution in [0.25, 0.3) is 11.1 Å². The molecule has 0 amide bonds. The van der Waals surface area contributed by atoms with Gasteiger partial charge in [0, 0.05) is 20.6 Å². The van der Waals surface area contributed by atoms with Gasteiger partial charge in [0.2, 0.25) is 0 Å². The number of benzene rings is 4. The molecule has 1 aliphatic carbocycles. The van der Waals surface area contributed by atoms with E-state index in [0.29, 0.717) is 5.02 Å². The van der Waals surface area contributed by atoms with Crippen LogP contribution in [-0.4, -0.2) is 0 Å². The van der Waals surface area contributed by atoms with E-state index in [9.17, 15) is 0 Å². The van der Waals surface area contributed by atoms with Crippen LogP contribution in [0.1, 0.15) is 22.3 Å². The second-order valence-corrected chi connectivity index (χ2v) is 8.58. The standard InChI is InChI=1S/C25H14BrClO/c26-15-9-11-18-17-5-1-2-6-19(17)25(22(18)13-15)20-7-3-4-8-23(20)28-24-14-16(27)10-12-21(24)25/h1-14H. The lowest BCUT2D eigenvalue weighted by Gasteiger charge is -2.39. The molecular formula is C25H14BrClO. The van der Waals surface area contributed by atoms with Gasteiger partial charge in [0.15, 0.2) is 0 Å². The fourth-order valence-corrected chi connectivity index (χ4v) is 5.37. The van der Waals surface area contributed by atoms with Gasteiger partial charge in [-0.25, -0.2) is 0 Å². The number of rotatable bonds is 0. The largest absolute Gasteiger partial charge is 0.457 e. The molecule has 0 bridgehead atoms. The Morgan fingerprint density at radius 3 is 2.25 bits per heavy atom. The second kappa shape index (κ2) is 5.73. The quantitative estimate of drug-likeness (QED) is 0.234. The summed E-state index contributed by atoms with van der Waals surface area (Å²) in [5, 5.41) is 0.675. The summed E-state index contributed by atoms with van der Waals surface area (Å²) in [7, 11) is 0. The Morgan fingerprint density at radius 1 is 0.643 bits per heavy atom. The van der Waals surface area contributed by atoms with Crippen LogP contribution in [0.3, 0.4) is 0 Å². The van der Waals surface area contributed by atoms with Gasteiger partial charge in [-0.1, -0.05) is 82.1 Å². The minimum Gasteiger partial charge on any atom is -0.457 e. The minimum absolute atomic E-state index is 0.426. The van der Waals surface area contributed by atoms with Gasteiger partial charge in [-0.2, -0.15) is 0 Å². The van der Waals surface area contributed by atoms with Crippen molar-refractivity contribution >= 4 is 27.5 Å². The summed E-state index contributed by atoms with van der Waals surface area (Å²) in [4.78, 5) is 0. The number of halogens is 2. The number of fused-ring (bicyclic) bond motifs is 9. The molecule has 0 N–H and O–H groups in total. The van der Waals surface area contributed by atoms with Crippen LogP contribution >= 0.6 is 27.5 Å². The topological polar surface area (TPSA) is 9.23 Å². The molecule has 1 nitrogen and oxygen atoms in total. The van der Waals surface area contributed by atoms with Crippen molar-refractivity contribution in [2.75, 3.05) is 0 Å². The Bertz CT molecular complexity index is 1280. The molecule has 6 rings (SSSR count). The average Bonchev–Trinajstić information content (AvgIpc) is 2.99. The molecule has 0 aromatic heterocycles. The Kier molecular flexibility index (Phi) is 3.36. The number of hydrogen-bond donors (Lipinski definition) is 0. The minimum atomic E-state index is -0.426.